The smallest absolute Gasteiger partial charge is 0.136 e. The van der Waals surface area contributed by atoms with Gasteiger partial charge in [-0.05, 0) is 37.1 Å². The maximum atomic E-state index is 9.20. The van der Waals surface area contributed by atoms with Crippen LogP contribution in [0.2, 0.25) is 0 Å². The van der Waals surface area contributed by atoms with E-state index in [0.29, 0.717) is 17.4 Å². The Labute approximate surface area is 130 Å². The summed E-state index contributed by atoms with van der Waals surface area (Å²) in [5.74, 6) is 0.641. The largest absolute Gasteiger partial charge is 0.495 e. The predicted octanol–water partition coefficient (Wildman–Crippen LogP) is 2.43. The third-order valence-electron chi connectivity index (χ3n) is 4.25. The van der Waals surface area contributed by atoms with Gasteiger partial charge >= 0.3 is 0 Å². The monoisotopic (exact) mass is 296 g/mol. The Morgan fingerprint density at radius 3 is 3.09 bits per heavy atom. The maximum Gasteiger partial charge on any atom is 0.136 e. The maximum absolute atomic E-state index is 9.20. The van der Waals surface area contributed by atoms with Crippen molar-refractivity contribution in [1.29, 1.82) is 5.26 Å². The van der Waals surface area contributed by atoms with Gasteiger partial charge in [-0.2, -0.15) is 5.26 Å². The minimum atomic E-state index is 0.529. The summed E-state index contributed by atoms with van der Waals surface area (Å²) in [5.41, 5.74) is 1.76. The second-order valence-corrected chi connectivity index (χ2v) is 5.67. The second kappa shape index (κ2) is 6.63. The van der Waals surface area contributed by atoms with Crippen LogP contribution in [-0.4, -0.2) is 34.1 Å². The molecule has 0 spiro atoms. The SMILES string of the molecule is COc1ccc(CN2CCCC2Cn2ccnc2)cc1C#N. The molecule has 1 aromatic carbocycles. The molecule has 1 fully saturated rings. The average Bonchev–Trinajstić information content (AvgIpc) is 3.20. The average molecular weight is 296 g/mol. The van der Waals surface area contributed by atoms with Crippen LogP contribution in [0.1, 0.15) is 24.0 Å². The first-order valence-electron chi connectivity index (χ1n) is 7.57. The van der Waals surface area contributed by atoms with Crippen molar-refractivity contribution in [3.63, 3.8) is 0 Å². The molecule has 1 aromatic heterocycles. The summed E-state index contributed by atoms with van der Waals surface area (Å²) in [4.78, 5) is 6.60. The molecule has 0 amide bonds. The van der Waals surface area contributed by atoms with Crippen molar-refractivity contribution < 1.29 is 4.74 Å². The zero-order valence-corrected chi connectivity index (χ0v) is 12.8. The first-order valence-corrected chi connectivity index (χ1v) is 7.57. The number of ether oxygens (including phenoxy) is 1. The first-order chi connectivity index (χ1) is 10.8. The van der Waals surface area contributed by atoms with Crippen LogP contribution in [0.25, 0.3) is 0 Å². The zero-order valence-electron chi connectivity index (χ0n) is 12.8. The Morgan fingerprint density at radius 1 is 1.45 bits per heavy atom. The molecule has 5 heteroatoms. The van der Waals surface area contributed by atoms with Gasteiger partial charge in [-0.15, -0.1) is 0 Å². The van der Waals surface area contributed by atoms with Crippen molar-refractivity contribution in [3.05, 3.63) is 48.0 Å². The van der Waals surface area contributed by atoms with E-state index >= 15 is 0 Å². The van der Waals surface area contributed by atoms with Crippen molar-refractivity contribution in [2.24, 2.45) is 0 Å². The fourth-order valence-electron chi connectivity index (χ4n) is 3.12. The molecule has 3 rings (SSSR count). The summed E-state index contributed by atoms with van der Waals surface area (Å²) in [6.07, 6.45) is 8.14. The van der Waals surface area contributed by atoms with Crippen LogP contribution < -0.4 is 4.74 Å². The van der Waals surface area contributed by atoms with Crippen molar-refractivity contribution >= 4 is 0 Å². The number of aromatic nitrogens is 2. The Balaban J connectivity index is 1.70. The van der Waals surface area contributed by atoms with E-state index in [-0.39, 0.29) is 0 Å². The molecule has 1 aliphatic rings. The van der Waals surface area contributed by atoms with Gasteiger partial charge in [-0.1, -0.05) is 6.07 Å². The van der Waals surface area contributed by atoms with E-state index in [0.717, 1.165) is 25.2 Å². The molecule has 2 heterocycles. The summed E-state index contributed by atoms with van der Waals surface area (Å²) < 4.78 is 7.34. The van der Waals surface area contributed by atoms with Crippen molar-refractivity contribution in [3.8, 4) is 11.8 Å². The van der Waals surface area contributed by atoms with Crippen LogP contribution in [0.15, 0.2) is 36.9 Å². The van der Waals surface area contributed by atoms with Crippen LogP contribution in [0.3, 0.4) is 0 Å². The first kappa shape index (κ1) is 14.6. The van der Waals surface area contributed by atoms with Gasteiger partial charge in [0.05, 0.1) is 19.0 Å². The third kappa shape index (κ3) is 3.12. The summed E-state index contributed by atoms with van der Waals surface area (Å²) >= 11 is 0. The molecule has 0 N–H and O–H groups in total. The molecule has 1 unspecified atom stereocenters. The molecule has 0 saturated carbocycles. The lowest BCUT2D eigenvalue weighted by Gasteiger charge is -2.25. The highest BCUT2D eigenvalue weighted by Gasteiger charge is 2.24. The van der Waals surface area contributed by atoms with Gasteiger partial charge in [0.2, 0.25) is 0 Å². The summed E-state index contributed by atoms with van der Waals surface area (Å²) in [5, 5.41) is 9.20. The Kier molecular flexibility index (Phi) is 4.40. The number of nitrogens with zero attached hydrogens (tertiary/aromatic N) is 4. The Hall–Kier alpha value is -2.32. The molecule has 1 aliphatic heterocycles. The number of hydrogen-bond acceptors (Lipinski definition) is 4. The van der Waals surface area contributed by atoms with Crippen LogP contribution in [0.5, 0.6) is 5.75 Å². The number of hydrogen-bond donors (Lipinski definition) is 0. The summed E-state index contributed by atoms with van der Waals surface area (Å²) in [6.45, 7) is 2.95. The van der Waals surface area contributed by atoms with E-state index in [1.165, 1.54) is 12.8 Å². The van der Waals surface area contributed by atoms with Crippen LogP contribution in [-0.2, 0) is 13.1 Å². The van der Waals surface area contributed by atoms with E-state index in [9.17, 15) is 5.26 Å². The quantitative estimate of drug-likeness (QED) is 0.850. The molecule has 1 atom stereocenters. The van der Waals surface area contributed by atoms with E-state index < -0.39 is 0 Å². The van der Waals surface area contributed by atoms with Crippen molar-refractivity contribution in [2.75, 3.05) is 13.7 Å². The van der Waals surface area contributed by atoms with E-state index in [1.807, 2.05) is 36.9 Å². The Morgan fingerprint density at radius 2 is 2.36 bits per heavy atom. The predicted molar refractivity (Wildman–Crippen MR) is 83.4 cm³/mol. The van der Waals surface area contributed by atoms with Crippen molar-refractivity contribution in [1.82, 2.24) is 14.5 Å². The van der Waals surface area contributed by atoms with E-state index in [2.05, 4.69) is 20.5 Å². The number of methoxy groups -OCH3 is 1. The van der Waals surface area contributed by atoms with Gasteiger partial charge in [0.25, 0.3) is 0 Å². The number of likely N-dealkylation sites (tertiary alicyclic amines) is 1. The topological polar surface area (TPSA) is 54.1 Å². The van der Waals surface area contributed by atoms with E-state index in [1.54, 1.807) is 7.11 Å². The molecule has 0 aliphatic carbocycles. The molecule has 0 bridgehead atoms. The van der Waals surface area contributed by atoms with Crippen molar-refractivity contribution in [2.45, 2.75) is 32.0 Å². The molecular formula is C17H20N4O. The molecular weight excluding hydrogens is 276 g/mol. The highest BCUT2D eigenvalue weighted by Crippen LogP contribution is 2.24. The van der Waals surface area contributed by atoms with Gasteiger partial charge in [-0.25, -0.2) is 4.98 Å². The standard InChI is InChI=1S/C17H20N4O/c1-22-17-5-4-14(9-15(17)10-18)11-21-7-2-3-16(21)12-20-8-6-19-13-20/h4-6,8-9,13,16H,2-3,7,11-12H2,1H3. The number of rotatable bonds is 5. The fraction of sp³-hybridized carbons (Fsp3) is 0.412. The Bertz CT molecular complexity index is 660. The molecule has 114 valence electrons. The van der Waals surface area contributed by atoms with Gasteiger partial charge in [-0.3, -0.25) is 4.90 Å². The third-order valence-corrected chi connectivity index (χ3v) is 4.25. The summed E-state index contributed by atoms with van der Waals surface area (Å²) in [6, 6.07) is 8.60. The fourth-order valence-corrected chi connectivity index (χ4v) is 3.12. The molecule has 5 nitrogen and oxygen atoms in total. The van der Waals surface area contributed by atoms with Gasteiger partial charge in [0.15, 0.2) is 0 Å². The molecule has 2 aromatic rings. The second-order valence-electron chi connectivity index (χ2n) is 5.67. The van der Waals surface area contributed by atoms with Crippen LogP contribution in [0.4, 0.5) is 0 Å². The summed E-state index contributed by atoms with van der Waals surface area (Å²) in [7, 11) is 1.59. The normalized spacial score (nSPS) is 18.3. The number of benzene rings is 1. The lowest BCUT2D eigenvalue weighted by Crippen LogP contribution is -2.32. The molecule has 22 heavy (non-hydrogen) atoms. The van der Waals surface area contributed by atoms with Gasteiger partial charge in [0, 0.05) is 31.5 Å². The highest BCUT2D eigenvalue weighted by atomic mass is 16.5. The minimum absolute atomic E-state index is 0.529. The number of imidazole rings is 1. The number of nitriles is 1. The lowest BCUT2D eigenvalue weighted by atomic mass is 10.1. The van der Waals surface area contributed by atoms with E-state index in [4.69, 9.17) is 4.74 Å². The molecule has 1 saturated heterocycles. The zero-order chi connectivity index (χ0) is 15.4. The lowest BCUT2D eigenvalue weighted by molar-refractivity contribution is 0.224. The van der Waals surface area contributed by atoms with Crippen LogP contribution in [0, 0.1) is 11.3 Å². The highest BCUT2D eigenvalue weighted by molar-refractivity contribution is 5.45. The van der Waals surface area contributed by atoms with Gasteiger partial charge in [0.1, 0.15) is 11.8 Å². The minimum Gasteiger partial charge on any atom is -0.495 e. The van der Waals surface area contributed by atoms with Gasteiger partial charge < -0.3 is 9.30 Å². The molecule has 0 radical (unpaired) electrons. The van der Waals surface area contributed by atoms with Crippen LogP contribution >= 0.6 is 0 Å².